The molecule has 1 amide bonds. The highest BCUT2D eigenvalue weighted by Crippen LogP contribution is 2.49. The molecule has 3 atom stereocenters. The van der Waals surface area contributed by atoms with Crippen LogP contribution in [0, 0.1) is 11.8 Å². The predicted octanol–water partition coefficient (Wildman–Crippen LogP) is 2.64. The van der Waals surface area contributed by atoms with Gasteiger partial charge in [0.15, 0.2) is 5.78 Å². The van der Waals surface area contributed by atoms with Crippen LogP contribution in [-0.2, 0) is 10.2 Å². The van der Waals surface area contributed by atoms with Crippen molar-refractivity contribution in [2.75, 3.05) is 33.4 Å². The van der Waals surface area contributed by atoms with Crippen LogP contribution >= 0.6 is 0 Å². The molecule has 1 aliphatic heterocycles. The molecule has 0 aromatic heterocycles. The Balaban J connectivity index is 1.64. The zero-order valence-corrected chi connectivity index (χ0v) is 16.6. The molecule has 1 N–H and O–H groups in total. The predicted molar refractivity (Wildman–Crippen MR) is 104 cm³/mol. The van der Waals surface area contributed by atoms with E-state index in [4.69, 9.17) is 4.74 Å². The van der Waals surface area contributed by atoms with Gasteiger partial charge in [-0.1, -0.05) is 19.9 Å². The second kappa shape index (κ2) is 7.02. The molecule has 1 saturated heterocycles. The first-order chi connectivity index (χ1) is 13.0. The Kier molecular flexibility index (Phi) is 4.85. The largest absolute Gasteiger partial charge is 0.383 e. The molecule has 1 heterocycles. The Labute approximate surface area is 161 Å². The van der Waals surface area contributed by atoms with Crippen molar-refractivity contribution in [1.29, 1.82) is 0 Å². The number of Topliss-reactive ketones (excluding diaryl/α,β-unsaturated/α-hetero) is 1. The Bertz CT molecular complexity index is 758. The number of hydrogen-bond donors (Lipinski definition) is 1. The van der Waals surface area contributed by atoms with Crippen LogP contribution in [0.5, 0.6) is 0 Å². The fourth-order valence-corrected chi connectivity index (χ4v) is 4.92. The van der Waals surface area contributed by atoms with Crippen molar-refractivity contribution in [3.8, 4) is 0 Å². The third kappa shape index (κ3) is 3.21. The summed E-state index contributed by atoms with van der Waals surface area (Å²) in [5.41, 5.74) is 2.44. The minimum Gasteiger partial charge on any atom is -0.383 e. The summed E-state index contributed by atoms with van der Waals surface area (Å²) in [6.45, 7) is 7.50. The summed E-state index contributed by atoms with van der Waals surface area (Å²) in [4.78, 5) is 28.2. The van der Waals surface area contributed by atoms with Gasteiger partial charge in [-0.15, -0.1) is 0 Å². The SMILES string of the molecule is COCCNC(=O)c1ccc2c(c1)C1(C)CCN(CC3CC3)C(C2=O)C1C. The van der Waals surface area contributed by atoms with Gasteiger partial charge in [-0.05, 0) is 60.8 Å². The molecule has 5 nitrogen and oxygen atoms in total. The van der Waals surface area contributed by atoms with Crippen LogP contribution in [0.1, 0.15) is 59.4 Å². The number of carbonyl (C=O) groups is 2. The summed E-state index contributed by atoms with van der Waals surface area (Å²) in [5, 5.41) is 2.88. The fraction of sp³-hybridized carbons (Fsp3) is 0.636. The molecular weight excluding hydrogens is 340 g/mol. The van der Waals surface area contributed by atoms with E-state index >= 15 is 0 Å². The van der Waals surface area contributed by atoms with Gasteiger partial charge in [0.05, 0.1) is 12.6 Å². The van der Waals surface area contributed by atoms with Gasteiger partial charge in [-0.3, -0.25) is 14.5 Å². The van der Waals surface area contributed by atoms with Gasteiger partial charge >= 0.3 is 0 Å². The average Bonchev–Trinajstić information content (AvgIpc) is 3.47. The summed E-state index contributed by atoms with van der Waals surface area (Å²) in [5.74, 6) is 1.18. The molecule has 1 aromatic carbocycles. The number of carbonyl (C=O) groups excluding carboxylic acids is 2. The second-order valence-electron chi connectivity index (χ2n) is 8.71. The standard InChI is InChI=1S/C22H30N2O3/c1-14-19-20(25)17-7-6-16(21(26)23-9-11-27-3)12-18(17)22(14,2)8-10-24(19)13-15-4-5-15/h6-7,12,14-15,19H,4-5,8-11,13H2,1-3H3,(H,23,26). The zero-order valence-electron chi connectivity index (χ0n) is 16.6. The highest BCUT2D eigenvalue weighted by atomic mass is 16.5. The molecule has 1 aromatic rings. The number of rotatable bonds is 6. The van der Waals surface area contributed by atoms with Crippen LogP contribution in [0.4, 0.5) is 0 Å². The maximum atomic E-state index is 13.3. The Morgan fingerprint density at radius 1 is 1.37 bits per heavy atom. The van der Waals surface area contributed by atoms with Crippen molar-refractivity contribution < 1.29 is 14.3 Å². The van der Waals surface area contributed by atoms with Crippen molar-refractivity contribution in [1.82, 2.24) is 10.2 Å². The van der Waals surface area contributed by atoms with Crippen LogP contribution < -0.4 is 5.32 Å². The number of hydrogen-bond acceptors (Lipinski definition) is 4. The number of nitrogens with one attached hydrogen (secondary N) is 1. The van der Waals surface area contributed by atoms with E-state index in [-0.39, 0.29) is 29.1 Å². The molecule has 3 aliphatic rings. The van der Waals surface area contributed by atoms with E-state index < -0.39 is 0 Å². The van der Waals surface area contributed by atoms with Crippen LogP contribution in [0.2, 0.25) is 0 Å². The summed E-state index contributed by atoms with van der Waals surface area (Å²) in [7, 11) is 1.62. The van der Waals surface area contributed by atoms with Gasteiger partial charge in [0.1, 0.15) is 0 Å². The molecule has 5 heteroatoms. The maximum absolute atomic E-state index is 13.3. The molecule has 1 saturated carbocycles. The number of ketones is 1. The van der Waals surface area contributed by atoms with Gasteiger partial charge in [0.2, 0.25) is 0 Å². The smallest absolute Gasteiger partial charge is 0.251 e. The molecule has 0 spiro atoms. The maximum Gasteiger partial charge on any atom is 0.251 e. The number of likely N-dealkylation sites (tertiary alicyclic amines) is 1. The lowest BCUT2D eigenvalue weighted by molar-refractivity contribution is 0.0265. The quantitative estimate of drug-likeness (QED) is 0.782. The van der Waals surface area contributed by atoms with Gasteiger partial charge in [-0.25, -0.2) is 0 Å². The first kappa shape index (κ1) is 18.6. The van der Waals surface area contributed by atoms with Gasteiger partial charge < -0.3 is 10.1 Å². The lowest BCUT2D eigenvalue weighted by Gasteiger charge is -2.53. The average molecular weight is 370 g/mol. The van der Waals surface area contributed by atoms with Crippen LogP contribution in [0.25, 0.3) is 0 Å². The van der Waals surface area contributed by atoms with E-state index in [9.17, 15) is 9.59 Å². The molecule has 4 rings (SSSR count). The minimum absolute atomic E-state index is 0.0155. The van der Waals surface area contributed by atoms with Crippen LogP contribution in [-0.4, -0.2) is 56.0 Å². The highest BCUT2D eigenvalue weighted by Gasteiger charge is 2.52. The molecule has 2 bridgehead atoms. The summed E-state index contributed by atoms with van der Waals surface area (Å²) in [6, 6.07) is 5.61. The van der Waals surface area contributed by atoms with E-state index in [2.05, 4.69) is 24.1 Å². The van der Waals surface area contributed by atoms with Gasteiger partial charge in [0, 0.05) is 31.3 Å². The van der Waals surface area contributed by atoms with Crippen molar-refractivity contribution in [2.45, 2.75) is 44.6 Å². The van der Waals surface area contributed by atoms with Crippen molar-refractivity contribution in [2.24, 2.45) is 11.8 Å². The van der Waals surface area contributed by atoms with E-state index in [1.165, 1.54) is 12.8 Å². The van der Waals surface area contributed by atoms with E-state index in [1.54, 1.807) is 13.2 Å². The number of piperidine rings is 1. The number of fused-ring (bicyclic) bond motifs is 4. The summed E-state index contributed by atoms with van der Waals surface area (Å²) < 4.78 is 4.99. The first-order valence-corrected chi connectivity index (χ1v) is 10.2. The molecular formula is C22H30N2O3. The first-order valence-electron chi connectivity index (χ1n) is 10.2. The normalized spacial score (nSPS) is 30.1. The van der Waals surface area contributed by atoms with E-state index in [1.807, 2.05) is 12.1 Å². The van der Waals surface area contributed by atoms with Crippen LogP contribution in [0.3, 0.4) is 0 Å². The monoisotopic (exact) mass is 370 g/mol. The third-order valence-corrected chi connectivity index (χ3v) is 7.00. The van der Waals surface area contributed by atoms with E-state index in [0.29, 0.717) is 18.7 Å². The highest BCUT2D eigenvalue weighted by molar-refractivity contribution is 6.05. The molecule has 2 fully saturated rings. The van der Waals surface area contributed by atoms with Crippen molar-refractivity contribution in [3.63, 3.8) is 0 Å². The Hall–Kier alpha value is -1.72. The second-order valence-corrected chi connectivity index (χ2v) is 8.71. The number of nitrogens with zero attached hydrogens (tertiary/aromatic N) is 1. The van der Waals surface area contributed by atoms with Gasteiger partial charge in [-0.2, -0.15) is 0 Å². The number of benzene rings is 1. The third-order valence-electron chi connectivity index (χ3n) is 7.00. The fourth-order valence-electron chi connectivity index (χ4n) is 4.92. The zero-order chi connectivity index (χ0) is 19.2. The number of ether oxygens (including phenoxy) is 1. The number of methoxy groups -OCH3 is 1. The lowest BCUT2D eigenvalue weighted by atomic mass is 9.58. The van der Waals surface area contributed by atoms with Crippen molar-refractivity contribution >= 4 is 11.7 Å². The Morgan fingerprint density at radius 2 is 2.15 bits per heavy atom. The minimum atomic E-state index is -0.105. The molecule has 3 unspecified atom stereocenters. The number of amides is 1. The lowest BCUT2D eigenvalue weighted by Crippen LogP contribution is -2.61. The molecule has 146 valence electrons. The van der Waals surface area contributed by atoms with Crippen molar-refractivity contribution in [3.05, 3.63) is 34.9 Å². The topological polar surface area (TPSA) is 58.6 Å². The summed E-state index contributed by atoms with van der Waals surface area (Å²) >= 11 is 0. The molecule has 2 aliphatic carbocycles. The summed E-state index contributed by atoms with van der Waals surface area (Å²) in [6.07, 6.45) is 3.65. The van der Waals surface area contributed by atoms with E-state index in [0.717, 1.165) is 36.6 Å². The molecule has 0 radical (unpaired) electrons. The Morgan fingerprint density at radius 3 is 2.85 bits per heavy atom. The van der Waals surface area contributed by atoms with Gasteiger partial charge in [0.25, 0.3) is 5.91 Å². The molecule has 27 heavy (non-hydrogen) atoms. The van der Waals surface area contributed by atoms with Crippen LogP contribution in [0.15, 0.2) is 18.2 Å².